The highest BCUT2D eigenvalue weighted by molar-refractivity contribution is 7.89. The number of hydrogen-bond acceptors (Lipinski definition) is 6. The van der Waals surface area contributed by atoms with Gasteiger partial charge in [-0.15, -0.1) is 0 Å². The number of halogens is 3. The van der Waals surface area contributed by atoms with Crippen LogP contribution in [0.2, 0.25) is 0 Å². The SMILES string of the molecule is CCOc1cnc2c(c1)c(C#N)c(-c1ccc(S(=O)(=O)N[C@H](C)C(F)(F)F)cn1)n2C1CCC1. The van der Waals surface area contributed by atoms with Crippen LogP contribution in [0.4, 0.5) is 13.2 Å². The van der Waals surface area contributed by atoms with E-state index in [9.17, 15) is 26.9 Å². The first-order valence-corrected chi connectivity index (χ1v) is 12.2. The van der Waals surface area contributed by atoms with Gasteiger partial charge in [0.25, 0.3) is 0 Å². The highest BCUT2D eigenvalue weighted by atomic mass is 32.2. The average Bonchev–Trinajstić information content (AvgIpc) is 3.05. The lowest BCUT2D eigenvalue weighted by Gasteiger charge is -2.29. The second kappa shape index (κ2) is 8.88. The summed E-state index contributed by atoms with van der Waals surface area (Å²) in [6.45, 7) is 2.99. The molecule has 4 rings (SSSR count). The Morgan fingerprint density at radius 3 is 2.56 bits per heavy atom. The Labute approximate surface area is 194 Å². The summed E-state index contributed by atoms with van der Waals surface area (Å²) in [5.74, 6) is 0.517. The van der Waals surface area contributed by atoms with Crippen LogP contribution in [-0.4, -0.2) is 41.8 Å². The second-order valence-electron chi connectivity index (χ2n) is 8.03. The summed E-state index contributed by atoms with van der Waals surface area (Å²) in [6.07, 6.45) is 0.659. The maximum atomic E-state index is 12.8. The van der Waals surface area contributed by atoms with Crippen LogP contribution in [0.15, 0.2) is 35.5 Å². The van der Waals surface area contributed by atoms with Gasteiger partial charge in [-0.1, -0.05) is 0 Å². The molecule has 8 nitrogen and oxygen atoms in total. The van der Waals surface area contributed by atoms with Crippen molar-refractivity contribution in [1.29, 1.82) is 5.26 Å². The topological polar surface area (TPSA) is 110 Å². The van der Waals surface area contributed by atoms with Crippen molar-refractivity contribution in [3.05, 3.63) is 36.2 Å². The number of fused-ring (bicyclic) bond motifs is 1. The Kier molecular flexibility index (Phi) is 6.26. The smallest absolute Gasteiger partial charge is 0.404 e. The molecule has 3 aromatic heterocycles. The van der Waals surface area contributed by atoms with Crippen molar-refractivity contribution in [1.82, 2.24) is 19.3 Å². The third-order valence-corrected chi connectivity index (χ3v) is 7.32. The summed E-state index contributed by atoms with van der Waals surface area (Å²) < 4.78 is 72.3. The molecule has 0 bridgehead atoms. The van der Waals surface area contributed by atoms with Crippen LogP contribution in [-0.2, 0) is 10.0 Å². The lowest BCUT2D eigenvalue weighted by molar-refractivity contribution is -0.147. The Bertz CT molecular complexity index is 1360. The highest BCUT2D eigenvalue weighted by Gasteiger charge is 2.39. The predicted molar refractivity (Wildman–Crippen MR) is 118 cm³/mol. The Hall–Kier alpha value is -3.17. The molecule has 1 aliphatic rings. The van der Waals surface area contributed by atoms with E-state index in [2.05, 4.69) is 16.0 Å². The van der Waals surface area contributed by atoms with Gasteiger partial charge in [-0.25, -0.2) is 13.4 Å². The van der Waals surface area contributed by atoms with Gasteiger partial charge >= 0.3 is 6.18 Å². The minimum atomic E-state index is -4.72. The van der Waals surface area contributed by atoms with E-state index < -0.39 is 27.1 Å². The highest BCUT2D eigenvalue weighted by Crippen LogP contribution is 2.42. The molecule has 0 aliphatic heterocycles. The predicted octanol–water partition coefficient (Wildman–Crippen LogP) is 4.32. The minimum Gasteiger partial charge on any atom is -0.492 e. The number of rotatable bonds is 7. The van der Waals surface area contributed by atoms with Gasteiger partial charge < -0.3 is 9.30 Å². The molecule has 0 spiro atoms. The monoisotopic (exact) mass is 493 g/mol. The van der Waals surface area contributed by atoms with E-state index >= 15 is 0 Å². The molecular weight excluding hydrogens is 471 g/mol. The van der Waals surface area contributed by atoms with Crippen molar-refractivity contribution >= 4 is 21.1 Å². The Morgan fingerprint density at radius 2 is 2.03 bits per heavy atom. The fraction of sp³-hybridized carbons (Fsp3) is 0.409. The van der Waals surface area contributed by atoms with Gasteiger partial charge in [0.15, 0.2) is 0 Å². The zero-order chi connectivity index (χ0) is 24.7. The van der Waals surface area contributed by atoms with Gasteiger partial charge in [0.1, 0.15) is 28.4 Å². The molecule has 1 N–H and O–H groups in total. The first-order valence-electron chi connectivity index (χ1n) is 10.7. The molecule has 1 aliphatic carbocycles. The first kappa shape index (κ1) is 24.0. The summed E-state index contributed by atoms with van der Waals surface area (Å²) in [4.78, 5) is 8.33. The van der Waals surface area contributed by atoms with Crippen LogP contribution < -0.4 is 9.46 Å². The maximum Gasteiger partial charge on any atom is 0.404 e. The largest absolute Gasteiger partial charge is 0.492 e. The molecule has 1 saturated carbocycles. The zero-order valence-corrected chi connectivity index (χ0v) is 19.2. The van der Waals surface area contributed by atoms with Crippen molar-refractivity contribution in [3.63, 3.8) is 0 Å². The van der Waals surface area contributed by atoms with Crippen LogP contribution in [0.3, 0.4) is 0 Å². The number of ether oxygens (including phenoxy) is 1. The van der Waals surface area contributed by atoms with E-state index in [4.69, 9.17) is 4.74 Å². The minimum absolute atomic E-state index is 0.101. The van der Waals surface area contributed by atoms with Gasteiger partial charge in [-0.05, 0) is 51.3 Å². The van der Waals surface area contributed by atoms with Crippen LogP contribution in [0.1, 0.15) is 44.7 Å². The average molecular weight is 494 g/mol. The van der Waals surface area contributed by atoms with E-state index in [1.165, 1.54) is 12.1 Å². The molecule has 1 fully saturated rings. The Morgan fingerprint density at radius 1 is 1.29 bits per heavy atom. The molecule has 12 heteroatoms. The lowest BCUT2D eigenvalue weighted by Crippen LogP contribution is -2.42. The van der Waals surface area contributed by atoms with Crippen molar-refractivity contribution in [2.75, 3.05) is 6.61 Å². The molecule has 0 saturated heterocycles. The number of nitrogens with zero attached hydrogens (tertiary/aromatic N) is 4. The molecule has 0 unspecified atom stereocenters. The number of pyridine rings is 2. The van der Waals surface area contributed by atoms with Crippen LogP contribution in [0, 0.1) is 11.3 Å². The second-order valence-corrected chi connectivity index (χ2v) is 9.74. The van der Waals surface area contributed by atoms with E-state index in [1.54, 1.807) is 17.0 Å². The van der Waals surface area contributed by atoms with E-state index in [1.807, 2.05) is 11.5 Å². The summed E-state index contributed by atoms with van der Waals surface area (Å²) in [5, 5.41) is 10.6. The van der Waals surface area contributed by atoms with E-state index in [-0.39, 0.29) is 6.04 Å². The normalized spacial score (nSPS) is 15.6. The summed E-state index contributed by atoms with van der Waals surface area (Å²) in [6, 6.07) is 4.36. The van der Waals surface area contributed by atoms with Gasteiger partial charge in [-0.3, -0.25) is 4.98 Å². The first-order chi connectivity index (χ1) is 16.1. The van der Waals surface area contributed by atoms with E-state index in [0.717, 1.165) is 32.4 Å². The molecule has 3 heterocycles. The molecular formula is C22H22F3N5O3S. The number of alkyl halides is 3. The number of aromatic nitrogens is 3. The fourth-order valence-electron chi connectivity index (χ4n) is 3.83. The zero-order valence-electron chi connectivity index (χ0n) is 18.4. The molecule has 0 aromatic carbocycles. The Balaban J connectivity index is 1.80. The summed E-state index contributed by atoms with van der Waals surface area (Å²) in [5.41, 5.74) is 1.73. The standard InChI is InChI=1S/C22H22F3N5O3S/c1-3-33-15-9-17-18(10-26)20(30(14-5-4-6-14)21(17)28-11-15)19-8-7-16(12-27-19)34(31,32)29-13(2)22(23,24)25/h7-9,11-14,29H,3-6H2,1-2H3/t13-/m1/s1. The van der Waals surface area contributed by atoms with Crippen molar-refractivity contribution in [2.24, 2.45) is 0 Å². The van der Waals surface area contributed by atoms with Crippen molar-refractivity contribution in [2.45, 2.75) is 56.3 Å². The van der Waals surface area contributed by atoms with Gasteiger partial charge in [-0.2, -0.15) is 23.2 Å². The van der Waals surface area contributed by atoms with Crippen LogP contribution in [0.5, 0.6) is 5.75 Å². The number of nitriles is 1. The third-order valence-electron chi connectivity index (χ3n) is 5.79. The van der Waals surface area contributed by atoms with Crippen LogP contribution in [0.25, 0.3) is 22.4 Å². The molecule has 0 radical (unpaired) electrons. The molecule has 1 atom stereocenters. The summed E-state index contributed by atoms with van der Waals surface area (Å²) >= 11 is 0. The quantitative estimate of drug-likeness (QED) is 0.525. The van der Waals surface area contributed by atoms with Crippen molar-refractivity contribution < 1.29 is 26.3 Å². The third kappa shape index (κ3) is 4.33. The molecule has 3 aromatic rings. The van der Waals surface area contributed by atoms with Gasteiger partial charge in [0.2, 0.25) is 10.0 Å². The van der Waals surface area contributed by atoms with Gasteiger partial charge in [0.05, 0.1) is 29.8 Å². The number of hydrogen-bond donors (Lipinski definition) is 1. The maximum absolute atomic E-state index is 12.8. The fourth-order valence-corrected chi connectivity index (χ4v) is 5.00. The molecule has 180 valence electrons. The number of sulfonamides is 1. The van der Waals surface area contributed by atoms with Gasteiger partial charge in [0, 0.05) is 17.6 Å². The molecule has 0 amide bonds. The lowest BCUT2D eigenvalue weighted by atomic mass is 9.92. The van der Waals surface area contributed by atoms with E-state index in [0.29, 0.717) is 40.3 Å². The summed E-state index contributed by atoms with van der Waals surface area (Å²) in [7, 11) is -4.45. The number of nitrogens with one attached hydrogen (secondary N) is 1. The van der Waals surface area contributed by atoms with Crippen LogP contribution >= 0.6 is 0 Å². The van der Waals surface area contributed by atoms with Crippen molar-refractivity contribution in [3.8, 4) is 23.2 Å². The molecule has 34 heavy (non-hydrogen) atoms.